The maximum absolute atomic E-state index is 12.3. The minimum absolute atomic E-state index is 0.0277. The van der Waals surface area contributed by atoms with Gasteiger partial charge in [-0.1, -0.05) is 12.1 Å². The van der Waals surface area contributed by atoms with E-state index in [1.54, 1.807) is 18.2 Å². The van der Waals surface area contributed by atoms with Gasteiger partial charge >= 0.3 is 12.3 Å². The predicted molar refractivity (Wildman–Crippen MR) is 87.3 cm³/mol. The normalized spacial score (nSPS) is 11.0. The van der Waals surface area contributed by atoms with Crippen LogP contribution in [0.5, 0.6) is 11.5 Å². The Morgan fingerprint density at radius 2 is 2.04 bits per heavy atom. The standard InChI is InChI=1S/C17H17F3N2O4/c1-11-4-3-5-12(8-11)22-16(23)25-9-13-15(24-2)14(6-7-21-13)26-10-17(18,19)20/h3-8H,9-10H2,1-2H3,(H,22,23). The van der Waals surface area contributed by atoms with Crippen molar-refractivity contribution in [1.82, 2.24) is 4.98 Å². The summed E-state index contributed by atoms with van der Waals surface area (Å²) < 4.78 is 51.7. The Balaban J connectivity index is 2.01. The zero-order chi connectivity index (χ0) is 19.2. The molecule has 0 saturated heterocycles. The highest BCUT2D eigenvalue weighted by molar-refractivity contribution is 5.84. The average molecular weight is 370 g/mol. The number of aromatic nitrogens is 1. The molecule has 1 N–H and O–H groups in total. The molecule has 6 nitrogen and oxygen atoms in total. The average Bonchev–Trinajstić information content (AvgIpc) is 2.57. The third-order valence-corrected chi connectivity index (χ3v) is 3.14. The third-order valence-electron chi connectivity index (χ3n) is 3.14. The number of nitrogens with zero attached hydrogens (tertiary/aromatic N) is 1. The summed E-state index contributed by atoms with van der Waals surface area (Å²) in [6.45, 7) is 0.100. The maximum atomic E-state index is 12.3. The number of aryl methyl sites for hydroxylation is 1. The minimum atomic E-state index is -4.49. The molecule has 1 amide bonds. The molecular weight excluding hydrogens is 353 g/mol. The van der Waals surface area contributed by atoms with Crippen molar-refractivity contribution < 1.29 is 32.2 Å². The quantitative estimate of drug-likeness (QED) is 0.829. The van der Waals surface area contributed by atoms with Gasteiger partial charge in [0, 0.05) is 18.0 Å². The van der Waals surface area contributed by atoms with E-state index in [0.29, 0.717) is 5.69 Å². The van der Waals surface area contributed by atoms with Crippen LogP contribution in [0.25, 0.3) is 0 Å². The fourth-order valence-corrected chi connectivity index (χ4v) is 2.08. The van der Waals surface area contributed by atoms with E-state index in [1.807, 2.05) is 13.0 Å². The van der Waals surface area contributed by atoms with E-state index in [0.717, 1.165) is 5.56 Å². The maximum Gasteiger partial charge on any atom is 0.422 e. The molecule has 2 aromatic rings. The molecule has 140 valence electrons. The minimum Gasteiger partial charge on any atom is -0.491 e. The highest BCUT2D eigenvalue weighted by Crippen LogP contribution is 2.31. The SMILES string of the molecule is COc1c(OCC(F)(F)F)ccnc1COC(=O)Nc1cccc(C)c1. The van der Waals surface area contributed by atoms with Crippen LogP contribution in [0.2, 0.25) is 0 Å². The smallest absolute Gasteiger partial charge is 0.422 e. The second kappa shape index (κ2) is 8.41. The molecule has 9 heteroatoms. The summed E-state index contributed by atoms with van der Waals surface area (Å²) in [4.78, 5) is 15.8. The number of pyridine rings is 1. The van der Waals surface area contributed by atoms with Crippen LogP contribution in [0.15, 0.2) is 36.5 Å². The van der Waals surface area contributed by atoms with Crippen molar-refractivity contribution in [2.75, 3.05) is 19.0 Å². The topological polar surface area (TPSA) is 69.7 Å². The van der Waals surface area contributed by atoms with Crippen molar-refractivity contribution >= 4 is 11.8 Å². The lowest BCUT2D eigenvalue weighted by Crippen LogP contribution is -2.20. The predicted octanol–water partition coefficient (Wildman–Crippen LogP) is 4.09. The number of benzene rings is 1. The van der Waals surface area contributed by atoms with Gasteiger partial charge in [-0.05, 0) is 24.6 Å². The largest absolute Gasteiger partial charge is 0.491 e. The highest BCUT2D eigenvalue weighted by atomic mass is 19.4. The number of hydrogen-bond donors (Lipinski definition) is 1. The summed E-state index contributed by atoms with van der Waals surface area (Å²) in [6.07, 6.45) is -3.98. The molecule has 0 aliphatic rings. The van der Waals surface area contributed by atoms with Crippen LogP contribution in [0.4, 0.5) is 23.7 Å². The number of nitrogens with one attached hydrogen (secondary N) is 1. The van der Waals surface area contributed by atoms with Crippen molar-refractivity contribution in [2.24, 2.45) is 0 Å². The molecule has 1 aromatic carbocycles. The number of carbonyl (C=O) groups excluding carboxylic acids is 1. The molecule has 0 fully saturated rings. The molecule has 0 aliphatic carbocycles. The summed E-state index contributed by atoms with van der Waals surface area (Å²) in [6, 6.07) is 8.33. The summed E-state index contributed by atoms with van der Waals surface area (Å²) in [5.74, 6) is -0.169. The fraction of sp³-hybridized carbons (Fsp3) is 0.294. The fourth-order valence-electron chi connectivity index (χ4n) is 2.08. The van der Waals surface area contributed by atoms with E-state index >= 15 is 0 Å². The second-order valence-corrected chi connectivity index (χ2v) is 5.26. The monoisotopic (exact) mass is 370 g/mol. The number of anilines is 1. The van der Waals surface area contributed by atoms with Gasteiger partial charge in [0.15, 0.2) is 18.1 Å². The molecular formula is C17H17F3N2O4. The zero-order valence-corrected chi connectivity index (χ0v) is 14.1. The van der Waals surface area contributed by atoms with Crippen LogP contribution >= 0.6 is 0 Å². The number of hydrogen-bond acceptors (Lipinski definition) is 5. The molecule has 2 rings (SSSR count). The Kier molecular flexibility index (Phi) is 6.26. The Bertz CT molecular complexity index is 766. The van der Waals surface area contributed by atoms with Gasteiger partial charge in [-0.25, -0.2) is 4.79 Å². The number of rotatable bonds is 6. The molecule has 1 heterocycles. The van der Waals surface area contributed by atoms with Crippen molar-refractivity contribution in [1.29, 1.82) is 0 Å². The molecule has 0 saturated carbocycles. The summed E-state index contributed by atoms with van der Waals surface area (Å²) in [7, 11) is 1.26. The third kappa shape index (κ3) is 5.83. The zero-order valence-electron chi connectivity index (χ0n) is 14.1. The summed E-state index contributed by atoms with van der Waals surface area (Å²) >= 11 is 0. The van der Waals surface area contributed by atoms with Crippen LogP contribution in [-0.4, -0.2) is 31.0 Å². The summed E-state index contributed by atoms with van der Waals surface area (Å²) in [5.41, 5.74) is 1.64. The van der Waals surface area contributed by atoms with Gasteiger partial charge in [-0.2, -0.15) is 13.2 Å². The van der Waals surface area contributed by atoms with E-state index in [2.05, 4.69) is 10.3 Å². The van der Waals surface area contributed by atoms with Crippen LogP contribution in [0.1, 0.15) is 11.3 Å². The molecule has 0 unspecified atom stereocenters. The Morgan fingerprint density at radius 3 is 2.69 bits per heavy atom. The number of halogens is 3. The Morgan fingerprint density at radius 1 is 1.27 bits per heavy atom. The molecule has 0 aliphatic heterocycles. The van der Waals surface area contributed by atoms with E-state index in [-0.39, 0.29) is 23.8 Å². The molecule has 0 atom stereocenters. The van der Waals surface area contributed by atoms with Gasteiger partial charge in [-0.15, -0.1) is 0 Å². The van der Waals surface area contributed by atoms with Crippen LogP contribution < -0.4 is 14.8 Å². The van der Waals surface area contributed by atoms with Crippen molar-refractivity contribution in [3.8, 4) is 11.5 Å². The van der Waals surface area contributed by atoms with E-state index < -0.39 is 18.9 Å². The van der Waals surface area contributed by atoms with Gasteiger partial charge in [-0.3, -0.25) is 10.3 Å². The van der Waals surface area contributed by atoms with Crippen LogP contribution in [-0.2, 0) is 11.3 Å². The first-order valence-corrected chi connectivity index (χ1v) is 7.50. The Hall–Kier alpha value is -2.97. The number of methoxy groups -OCH3 is 1. The van der Waals surface area contributed by atoms with Crippen molar-refractivity contribution in [2.45, 2.75) is 19.7 Å². The molecule has 1 aromatic heterocycles. The Labute approximate surface area is 147 Å². The number of amides is 1. The molecule has 26 heavy (non-hydrogen) atoms. The molecule has 0 bridgehead atoms. The highest BCUT2D eigenvalue weighted by Gasteiger charge is 2.29. The van der Waals surface area contributed by atoms with Gasteiger partial charge in [0.2, 0.25) is 0 Å². The number of carbonyl (C=O) groups is 1. The lowest BCUT2D eigenvalue weighted by Gasteiger charge is -2.15. The van der Waals surface area contributed by atoms with E-state index in [1.165, 1.54) is 19.4 Å². The van der Waals surface area contributed by atoms with Crippen LogP contribution in [0, 0.1) is 6.92 Å². The first-order valence-electron chi connectivity index (χ1n) is 7.50. The van der Waals surface area contributed by atoms with Gasteiger partial charge in [0.1, 0.15) is 12.3 Å². The lowest BCUT2D eigenvalue weighted by molar-refractivity contribution is -0.153. The van der Waals surface area contributed by atoms with Crippen LogP contribution in [0.3, 0.4) is 0 Å². The molecule has 0 radical (unpaired) electrons. The van der Waals surface area contributed by atoms with E-state index in [4.69, 9.17) is 14.2 Å². The molecule has 0 spiro atoms. The van der Waals surface area contributed by atoms with Crippen molar-refractivity contribution in [3.63, 3.8) is 0 Å². The van der Waals surface area contributed by atoms with Gasteiger partial charge in [0.25, 0.3) is 0 Å². The first kappa shape index (κ1) is 19.4. The lowest BCUT2D eigenvalue weighted by atomic mass is 10.2. The van der Waals surface area contributed by atoms with Gasteiger partial charge in [0.05, 0.1) is 7.11 Å². The number of alkyl halides is 3. The van der Waals surface area contributed by atoms with Gasteiger partial charge < -0.3 is 14.2 Å². The number of ether oxygens (including phenoxy) is 3. The summed E-state index contributed by atoms with van der Waals surface area (Å²) in [5, 5.41) is 2.54. The van der Waals surface area contributed by atoms with E-state index in [9.17, 15) is 18.0 Å². The first-order chi connectivity index (χ1) is 12.3. The second-order valence-electron chi connectivity index (χ2n) is 5.26. The van der Waals surface area contributed by atoms with Crippen molar-refractivity contribution in [3.05, 3.63) is 47.8 Å².